The van der Waals surface area contributed by atoms with Gasteiger partial charge in [-0.1, -0.05) is 32.4 Å². The van der Waals surface area contributed by atoms with Crippen LogP contribution in [0.1, 0.15) is 57.9 Å². The summed E-state index contributed by atoms with van der Waals surface area (Å²) >= 11 is 0. The Morgan fingerprint density at radius 1 is 0.817 bits per heavy atom. The number of aromatic hydroxyl groups is 1. The van der Waals surface area contributed by atoms with Crippen LogP contribution in [-0.4, -0.2) is 148 Å². The van der Waals surface area contributed by atoms with Crippen molar-refractivity contribution >= 4 is 59.2 Å². The quantitative estimate of drug-likeness (QED) is 0.0565. The molecule has 1 aromatic carbocycles. The number of aliphatic imine (C=N–C) groups is 1. The number of benzene rings is 1. The molecule has 0 saturated carbocycles. The first-order valence-electron chi connectivity index (χ1n) is 19.5. The molecule has 0 spiro atoms. The van der Waals surface area contributed by atoms with E-state index in [4.69, 9.17) is 11.5 Å². The van der Waals surface area contributed by atoms with E-state index in [-0.39, 0.29) is 50.5 Å². The van der Waals surface area contributed by atoms with E-state index < -0.39 is 122 Å². The highest BCUT2D eigenvalue weighted by Crippen LogP contribution is 2.20. The number of carbonyl (C=O) groups excluding carboxylic acids is 8. The summed E-state index contributed by atoms with van der Waals surface area (Å²) in [6.07, 6.45) is -0.306. The Morgan fingerprint density at radius 3 is 2.00 bits per heavy atom. The van der Waals surface area contributed by atoms with Gasteiger partial charge in [0.25, 0.3) is 0 Å². The molecule has 23 heteroatoms. The van der Waals surface area contributed by atoms with Crippen molar-refractivity contribution in [1.82, 2.24) is 42.1 Å². The third-order valence-electron chi connectivity index (χ3n) is 9.91. The molecule has 2 saturated heterocycles. The lowest BCUT2D eigenvalue weighted by atomic mass is 9.97. The van der Waals surface area contributed by atoms with E-state index in [0.29, 0.717) is 18.4 Å². The predicted molar refractivity (Wildman–Crippen MR) is 211 cm³/mol. The van der Waals surface area contributed by atoms with Crippen LogP contribution in [0.4, 0.5) is 0 Å². The van der Waals surface area contributed by atoms with Crippen LogP contribution < -0.4 is 48.7 Å². The summed E-state index contributed by atoms with van der Waals surface area (Å²) < 4.78 is 0. The molecule has 2 fully saturated rings. The van der Waals surface area contributed by atoms with Gasteiger partial charge in [0.1, 0.15) is 42.0 Å². The fourth-order valence-corrected chi connectivity index (χ4v) is 6.48. The number of nitrogens with one attached hydrogen (secondary N) is 7. The van der Waals surface area contributed by atoms with Gasteiger partial charge >= 0.3 is 5.97 Å². The molecule has 0 radical (unpaired) electrons. The van der Waals surface area contributed by atoms with Crippen molar-refractivity contribution in [2.24, 2.45) is 22.4 Å². The average molecular weight is 846 g/mol. The zero-order chi connectivity index (χ0) is 44.5. The summed E-state index contributed by atoms with van der Waals surface area (Å²) in [7, 11) is 0. The molecule has 0 aromatic heterocycles. The topological polar surface area (TPSA) is 366 Å². The molecule has 14 N–H and O–H groups in total. The molecule has 0 bridgehead atoms. The second-order valence-corrected chi connectivity index (χ2v) is 14.5. The van der Waals surface area contributed by atoms with Crippen molar-refractivity contribution in [3.63, 3.8) is 0 Å². The zero-order valence-corrected chi connectivity index (χ0v) is 33.4. The summed E-state index contributed by atoms with van der Waals surface area (Å²) in [6, 6.07) is -2.84. The SMILES string of the molecule is CC[C@H](C)[C@@H]1NC(=O)[C@H](Cc2ccc(O)cc2)NC(=O)CNC(=O)[C@@H]2CCCN2C(=O)[C@H](CC(=O)O)NC(=O)[C@H](CCCN=C(N)N)NC(=O)[C@H](CO)NC(=O)CNC1=O. The van der Waals surface area contributed by atoms with Crippen LogP contribution in [0.5, 0.6) is 5.75 Å². The number of aliphatic carboxylic acids is 1. The number of carbonyl (C=O) groups is 9. The van der Waals surface area contributed by atoms with Crippen molar-refractivity contribution in [1.29, 1.82) is 0 Å². The number of carboxylic acids is 1. The van der Waals surface area contributed by atoms with Crippen LogP contribution in [0.25, 0.3) is 0 Å². The minimum Gasteiger partial charge on any atom is -0.508 e. The van der Waals surface area contributed by atoms with E-state index in [0.717, 1.165) is 4.90 Å². The van der Waals surface area contributed by atoms with Gasteiger partial charge in [-0.15, -0.1) is 0 Å². The molecule has 1 aromatic rings. The summed E-state index contributed by atoms with van der Waals surface area (Å²) in [5, 5.41) is 46.5. The number of hydrogen-bond donors (Lipinski definition) is 12. The molecule has 7 atom stereocenters. The van der Waals surface area contributed by atoms with Crippen molar-refractivity contribution < 1.29 is 58.5 Å². The Hall–Kier alpha value is -6.52. The van der Waals surface area contributed by atoms with E-state index in [2.05, 4.69) is 42.2 Å². The molecular weight excluding hydrogens is 790 g/mol. The van der Waals surface area contributed by atoms with E-state index in [1.54, 1.807) is 13.8 Å². The van der Waals surface area contributed by atoms with Crippen LogP contribution in [0.15, 0.2) is 29.3 Å². The van der Waals surface area contributed by atoms with Crippen LogP contribution >= 0.6 is 0 Å². The van der Waals surface area contributed by atoms with Gasteiger partial charge in [0.05, 0.1) is 26.1 Å². The van der Waals surface area contributed by atoms with E-state index >= 15 is 0 Å². The maximum Gasteiger partial charge on any atom is 0.305 e. The predicted octanol–water partition coefficient (Wildman–Crippen LogP) is -4.84. The molecule has 2 heterocycles. The molecule has 3 rings (SSSR count). The minimum atomic E-state index is -1.73. The van der Waals surface area contributed by atoms with Gasteiger partial charge in [-0.3, -0.25) is 48.1 Å². The molecule has 0 unspecified atom stereocenters. The minimum absolute atomic E-state index is 0.000900. The molecular formula is C37H55N11O12. The fourth-order valence-electron chi connectivity index (χ4n) is 6.48. The number of phenols is 1. The van der Waals surface area contributed by atoms with Crippen molar-refractivity contribution in [2.45, 2.75) is 95.0 Å². The zero-order valence-electron chi connectivity index (χ0n) is 33.4. The van der Waals surface area contributed by atoms with Gasteiger partial charge in [-0.25, -0.2) is 0 Å². The third-order valence-corrected chi connectivity index (χ3v) is 9.91. The Balaban J connectivity index is 2.00. The summed E-state index contributed by atoms with van der Waals surface area (Å²) in [5.41, 5.74) is 11.3. The lowest BCUT2D eigenvalue weighted by Gasteiger charge is -2.29. The van der Waals surface area contributed by atoms with Crippen LogP contribution in [-0.2, 0) is 49.6 Å². The number of aliphatic hydroxyl groups is 1. The number of amides is 8. The normalized spacial score (nSPS) is 24.8. The van der Waals surface area contributed by atoms with E-state index in [1.807, 2.05) is 0 Å². The largest absolute Gasteiger partial charge is 0.508 e. The molecule has 2 aliphatic rings. The van der Waals surface area contributed by atoms with Crippen LogP contribution in [0.3, 0.4) is 0 Å². The Bertz CT molecular complexity index is 1770. The van der Waals surface area contributed by atoms with E-state index in [9.17, 15) is 58.5 Å². The van der Waals surface area contributed by atoms with Gasteiger partial charge in [-0.2, -0.15) is 0 Å². The average Bonchev–Trinajstić information content (AvgIpc) is 3.70. The van der Waals surface area contributed by atoms with Crippen molar-refractivity contribution in [2.75, 3.05) is 32.8 Å². The van der Waals surface area contributed by atoms with Gasteiger partial charge in [0.2, 0.25) is 47.3 Å². The number of guanidine groups is 1. The van der Waals surface area contributed by atoms with Crippen molar-refractivity contribution in [3.8, 4) is 5.75 Å². The van der Waals surface area contributed by atoms with E-state index in [1.165, 1.54) is 24.3 Å². The Kier molecular flexibility index (Phi) is 18.5. The number of fused-ring (bicyclic) bond motifs is 1. The standard InChI is InChI=1S/C37H55N11O12/c1-3-19(2)30-35(59)42-17-28(52)44-25(18-49)33(57)45-22(6-4-12-40-37(38)39)31(55)46-24(15-29(53)54)36(60)48-13-5-7-26(48)34(58)41-16-27(51)43-23(32(56)47-30)14-20-8-10-21(50)11-9-20/h8-11,19,22-26,30,49-50H,3-7,12-18H2,1-2H3,(H,41,58)(H,42,59)(H,43,51)(H,44,52)(H,45,57)(H,46,55)(H,47,56)(H,53,54)(H4,38,39,40)/t19-,22-,23-,24-,25-,26-,30-/m0/s1. The fraction of sp³-hybridized carbons (Fsp3) is 0.568. The Morgan fingerprint density at radius 2 is 1.40 bits per heavy atom. The first kappa shape index (κ1) is 47.9. The summed E-state index contributed by atoms with van der Waals surface area (Å²) in [5.74, 6) is -9.44. The van der Waals surface area contributed by atoms with Crippen molar-refractivity contribution in [3.05, 3.63) is 29.8 Å². The number of rotatable bonds is 11. The summed E-state index contributed by atoms with van der Waals surface area (Å²) in [4.78, 5) is 125. The number of carboxylic acid groups (broad SMARTS) is 1. The second-order valence-electron chi connectivity index (χ2n) is 14.5. The highest BCUT2D eigenvalue weighted by molar-refractivity contribution is 5.99. The molecule has 8 amide bonds. The molecule has 60 heavy (non-hydrogen) atoms. The molecule has 23 nitrogen and oxygen atoms in total. The van der Waals surface area contributed by atoms with Gasteiger partial charge in [0.15, 0.2) is 5.96 Å². The lowest BCUT2D eigenvalue weighted by Crippen LogP contribution is -2.60. The summed E-state index contributed by atoms with van der Waals surface area (Å²) in [6.45, 7) is 1.06. The highest BCUT2D eigenvalue weighted by atomic mass is 16.4. The van der Waals surface area contributed by atoms with Gasteiger partial charge in [0, 0.05) is 19.5 Å². The van der Waals surface area contributed by atoms with Gasteiger partial charge in [-0.05, 0) is 49.3 Å². The number of phenolic OH excluding ortho intramolecular Hbond substituents is 1. The maximum atomic E-state index is 13.8. The number of nitrogens with two attached hydrogens (primary N) is 2. The molecule has 2 aliphatic heterocycles. The molecule has 330 valence electrons. The number of aliphatic hydroxyl groups excluding tert-OH is 1. The smallest absolute Gasteiger partial charge is 0.305 e. The number of hydrogen-bond acceptors (Lipinski definition) is 12. The monoisotopic (exact) mass is 845 g/mol. The second kappa shape index (κ2) is 23.2. The Labute approximate surface area is 345 Å². The lowest BCUT2D eigenvalue weighted by molar-refractivity contribution is -0.146. The number of nitrogens with zero attached hydrogens (tertiary/aromatic N) is 2. The molecule has 0 aliphatic carbocycles. The first-order valence-corrected chi connectivity index (χ1v) is 19.5. The van der Waals surface area contributed by atoms with Crippen LogP contribution in [0, 0.1) is 5.92 Å². The third kappa shape index (κ3) is 14.7. The van der Waals surface area contributed by atoms with Crippen LogP contribution in [0.2, 0.25) is 0 Å². The highest BCUT2D eigenvalue weighted by Gasteiger charge is 2.40. The maximum absolute atomic E-state index is 13.8. The first-order chi connectivity index (χ1) is 28.4. The van der Waals surface area contributed by atoms with Gasteiger partial charge < -0.3 is 68.9 Å².